The van der Waals surface area contributed by atoms with Crippen LogP contribution in [0.4, 0.5) is 10.7 Å². The molecule has 0 bridgehead atoms. The summed E-state index contributed by atoms with van der Waals surface area (Å²) < 4.78 is 39.1. The van der Waals surface area contributed by atoms with E-state index in [0.29, 0.717) is 66.9 Å². The van der Waals surface area contributed by atoms with E-state index < -0.39 is 15.9 Å². The first-order valence-electron chi connectivity index (χ1n) is 18.6. The standard InChI is InChI=1S/C41H44N4O8S2/c1-52-40(48)26-13-10-25(11-14-26)12-16-30-17-18-31(24-42-30)43-38(47)36-33-8-3-4-9-35(33)54-39(36)44-37(46)28-6-5-7-32(23-28)55(50,51)45-21-20-27-22-29(41(49)53-2)15-19-34(27)45/h5-7,10-11,13-14,17-18,23-24,27,29,34H,3-4,8-9,12,15-16,19-22H2,1-2H3,(H,43,47)(H,44,46). The highest BCUT2D eigenvalue weighted by Gasteiger charge is 2.46. The third-order valence-corrected chi connectivity index (χ3v) is 14.2. The molecule has 2 amide bonds. The molecule has 2 aromatic heterocycles. The Morgan fingerprint density at radius 3 is 2.42 bits per heavy atom. The molecule has 288 valence electrons. The van der Waals surface area contributed by atoms with Gasteiger partial charge in [0, 0.05) is 28.7 Å². The van der Waals surface area contributed by atoms with Crippen molar-refractivity contribution in [2.24, 2.45) is 11.8 Å². The number of pyridine rings is 1. The van der Waals surface area contributed by atoms with Crippen LogP contribution in [0.2, 0.25) is 0 Å². The largest absolute Gasteiger partial charge is 0.469 e. The summed E-state index contributed by atoms with van der Waals surface area (Å²) in [6.45, 7) is 0.355. The molecule has 55 heavy (non-hydrogen) atoms. The molecule has 7 rings (SSSR count). The number of amides is 2. The SMILES string of the molecule is COC(=O)c1ccc(CCc2ccc(NC(=O)c3c(NC(=O)c4cccc(S(=O)(=O)N5CCC6CC(C(=O)OC)CCC65)c4)sc4c3CCCC4)cn2)cc1. The number of anilines is 2. The zero-order valence-corrected chi connectivity index (χ0v) is 32.5. The molecule has 2 aromatic carbocycles. The summed E-state index contributed by atoms with van der Waals surface area (Å²) in [5, 5.41) is 6.34. The number of carbonyl (C=O) groups is 4. The summed E-state index contributed by atoms with van der Waals surface area (Å²) in [5.74, 6) is -1.61. The molecule has 12 nitrogen and oxygen atoms in total. The number of methoxy groups -OCH3 is 2. The Hall–Kier alpha value is -4.92. The molecule has 14 heteroatoms. The number of ether oxygens (including phenoxy) is 2. The molecule has 0 radical (unpaired) electrons. The lowest BCUT2D eigenvalue weighted by Crippen LogP contribution is -2.41. The maximum atomic E-state index is 13.9. The number of esters is 2. The van der Waals surface area contributed by atoms with Crippen molar-refractivity contribution in [3.63, 3.8) is 0 Å². The summed E-state index contributed by atoms with van der Waals surface area (Å²) in [6, 6.07) is 16.8. The minimum Gasteiger partial charge on any atom is -0.469 e. The van der Waals surface area contributed by atoms with E-state index in [2.05, 4.69) is 15.6 Å². The van der Waals surface area contributed by atoms with Crippen LogP contribution >= 0.6 is 11.3 Å². The number of nitrogens with zero attached hydrogens (tertiary/aromatic N) is 2. The third-order valence-electron chi connectivity index (χ3n) is 11.0. The quantitative estimate of drug-likeness (QED) is 0.163. The van der Waals surface area contributed by atoms with Gasteiger partial charge in [-0.25, -0.2) is 13.2 Å². The number of thiophene rings is 1. The second-order valence-corrected chi connectivity index (χ2v) is 17.3. The number of fused-ring (bicyclic) bond motifs is 2. The number of sulfonamides is 1. The number of hydrogen-bond acceptors (Lipinski definition) is 10. The van der Waals surface area contributed by atoms with E-state index in [-0.39, 0.29) is 46.2 Å². The van der Waals surface area contributed by atoms with Crippen molar-refractivity contribution in [3.05, 3.63) is 105 Å². The molecular weight excluding hydrogens is 741 g/mol. The first-order valence-corrected chi connectivity index (χ1v) is 20.9. The molecule has 1 saturated carbocycles. The molecule has 3 heterocycles. The van der Waals surface area contributed by atoms with Gasteiger partial charge in [-0.1, -0.05) is 18.2 Å². The van der Waals surface area contributed by atoms with Crippen molar-refractivity contribution in [2.45, 2.75) is 75.1 Å². The number of benzene rings is 2. The number of aromatic nitrogens is 1. The second kappa shape index (κ2) is 16.4. The van der Waals surface area contributed by atoms with E-state index in [1.54, 1.807) is 36.5 Å². The van der Waals surface area contributed by atoms with Gasteiger partial charge in [0.15, 0.2) is 0 Å². The van der Waals surface area contributed by atoms with Gasteiger partial charge < -0.3 is 20.1 Å². The summed E-state index contributed by atoms with van der Waals surface area (Å²) in [7, 11) is -1.18. The average Bonchev–Trinajstić information content (AvgIpc) is 3.82. The summed E-state index contributed by atoms with van der Waals surface area (Å²) in [4.78, 5) is 57.1. The van der Waals surface area contributed by atoms with E-state index in [0.717, 1.165) is 47.4 Å². The Kier molecular flexibility index (Phi) is 11.5. The molecule has 3 atom stereocenters. The lowest BCUT2D eigenvalue weighted by atomic mass is 9.78. The smallest absolute Gasteiger partial charge is 0.337 e. The highest BCUT2D eigenvalue weighted by Crippen LogP contribution is 2.42. The topological polar surface area (TPSA) is 161 Å². The van der Waals surface area contributed by atoms with Crippen LogP contribution in [0, 0.1) is 11.8 Å². The van der Waals surface area contributed by atoms with Gasteiger partial charge in [-0.3, -0.25) is 19.4 Å². The van der Waals surface area contributed by atoms with Crippen molar-refractivity contribution < 1.29 is 37.1 Å². The highest BCUT2D eigenvalue weighted by atomic mass is 32.2. The molecule has 3 aliphatic rings. The zero-order valence-electron chi connectivity index (χ0n) is 30.8. The van der Waals surface area contributed by atoms with Crippen LogP contribution in [0.15, 0.2) is 71.8 Å². The normalized spacial score (nSPS) is 19.5. The summed E-state index contributed by atoms with van der Waals surface area (Å²) >= 11 is 1.39. The van der Waals surface area contributed by atoms with Crippen LogP contribution < -0.4 is 10.6 Å². The molecule has 2 N–H and O–H groups in total. The maximum Gasteiger partial charge on any atom is 0.337 e. The van der Waals surface area contributed by atoms with E-state index in [1.165, 1.54) is 42.0 Å². The van der Waals surface area contributed by atoms with E-state index >= 15 is 0 Å². The number of hydrogen-bond donors (Lipinski definition) is 2. The van der Waals surface area contributed by atoms with E-state index in [1.807, 2.05) is 18.2 Å². The fraction of sp³-hybridized carbons (Fsp3) is 0.390. The minimum absolute atomic E-state index is 0.0340. The Morgan fingerprint density at radius 1 is 0.873 bits per heavy atom. The molecule has 1 saturated heterocycles. The Labute approximate surface area is 324 Å². The van der Waals surface area contributed by atoms with Crippen molar-refractivity contribution >= 4 is 55.8 Å². The van der Waals surface area contributed by atoms with Crippen molar-refractivity contribution in [1.29, 1.82) is 0 Å². The Balaban J connectivity index is 1.03. The molecule has 0 spiro atoms. The van der Waals surface area contributed by atoms with Gasteiger partial charge in [0.25, 0.3) is 11.8 Å². The number of carbonyl (C=O) groups excluding carboxylic acids is 4. The minimum atomic E-state index is -3.91. The Bertz CT molecular complexity index is 2200. The number of rotatable bonds is 11. The second-order valence-electron chi connectivity index (χ2n) is 14.3. The van der Waals surface area contributed by atoms with Crippen LogP contribution in [-0.2, 0) is 50.0 Å². The van der Waals surface area contributed by atoms with Crippen molar-refractivity contribution in [2.75, 3.05) is 31.4 Å². The number of nitrogens with one attached hydrogen (secondary N) is 2. The van der Waals surface area contributed by atoms with Gasteiger partial charge in [0.05, 0.1) is 48.0 Å². The van der Waals surface area contributed by atoms with Gasteiger partial charge >= 0.3 is 11.9 Å². The van der Waals surface area contributed by atoms with E-state index in [4.69, 9.17) is 9.47 Å². The zero-order chi connectivity index (χ0) is 38.7. The van der Waals surface area contributed by atoms with Gasteiger partial charge in [-0.05, 0) is 124 Å². The first-order chi connectivity index (χ1) is 26.5. The van der Waals surface area contributed by atoms with Crippen LogP contribution in [0.1, 0.15) is 91.3 Å². The maximum absolute atomic E-state index is 13.9. The van der Waals surface area contributed by atoms with Crippen molar-refractivity contribution in [3.8, 4) is 0 Å². The lowest BCUT2D eigenvalue weighted by molar-refractivity contribution is -0.147. The van der Waals surface area contributed by atoms with E-state index in [9.17, 15) is 27.6 Å². The third kappa shape index (κ3) is 8.21. The monoisotopic (exact) mass is 784 g/mol. The fourth-order valence-electron chi connectivity index (χ4n) is 8.12. The first kappa shape index (κ1) is 38.4. The highest BCUT2D eigenvalue weighted by molar-refractivity contribution is 7.89. The average molecular weight is 785 g/mol. The molecule has 2 aliphatic carbocycles. The van der Waals surface area contributed by atoms with Gasteiger partial charge in [0.1, 0.15) is 5.00 Å². The number of aryl methyl sites for hydroxylation is 3. The Morgan fingerprint density at radius 2 is 1.67 bits per heavy atom. The molecule has 2 fully saturated rings. The van der Waals surface area contributed by atoms with Crippen LogP contribution in [0.3, 0.4) is 0 Å². The van der Waals surface area contributed by atoms with Crippen LogP contribution in [0.5, 0.6) is 0 Å². The van der Waals surface area contributed by atoms with Crippen LogP contribution in [0.25, 0.3) is 0 Å². The molecule has 3 unspecified atom stereocenters. The molecule has 4 aromatic rings. The van der Waals surface area contributed by atoms with Crippen LogP contribution in [-0.4, -0.2) is 68.3 Å². The van der Waals surface area contributed by atoms with Crippen molar-refractivity contribution in [1.82, 2.24) is 9.29 Å². The fourth-order valence-corrected chi connectivity index (χ4v) is 11.2. The lowest BCUT2D eigenvalue weighted by Gasteiger charge is -2.34. The van der Waals surface area contributed by atoms with Gasteiger partial charge in [-0.2, -0.15) is 4.31 Å². The predicted molar refractivity (Wildman–Crippen MR) is 208 cm³/mol. The summed E-state index contributed by atoms with van der Waals surface area (Å²) in [5.41, 5.74) is 4.42. The molecule has 1 aliphatic heterocycles. The predicted octanol–water partition coefficient (Wildman–Crippen LogP) is 6.45. The summed E-state index contributed by atoms with van der Waals surface area (Å²) in [6.07, 6.45) is 8.87. The van der Waals surface area contributed by atoms with Gasteiger partial charge in [-0.15, -0.1) is 11.3 Å². The molecular formula is C41H44N4O8S2. The van der Waals surface area contributed by atoms with Gasteiger partial charge in [0.2, 0.25) is 10.0 Å².